The largest absolute Gasteiger partial charge is 0.392 e. The SMILES string of the molecule is N[C@@H](C=O)[C@@H](O)[C@H](O)[C@@](O)(Cl)CO. The first kappa shape index (κ1) is 12.8. The van der Waals surface area contributed by atoms with Gasteiger partial charge in [0.15, 0.2) is 5.06 Å². The van der Waals surface area contributed by atoms with Crippen molar-refractivity contribution in [2.75, 3.05) is 6.61 Å². The minimum Gasteiger partial charge on any atom is -0.392 e. The van der Waals surface area contributed by atoms with Crippen LogP contribution in [0.15, 0.2) is 0 Å². The average molecular weight is 214 g/mol. The van der Waals surface area contributed by atoms with Crippen molar-refractivity contribution in [2.24, 2.45) is 5.73 Å². The number of rotatable bonds is 5. The summed E-state index contributed by atoms with van der Waals surface area (Å²) in [5.41, 5.74) is 5.04. The van der Waals surface area contributed by atoms with Gasteiger partial charge in [-0.15, -0.1) is 0 Å². The fourth-order valence-electron chi connectivity index (χ4n) is 0.646. The Labute approximate surface area is 79.5 Å². The molecule has 0 spiro atoms. The summed E-state index contributed by atoms with van der Waals surface area (Å²) in [7, 11) is 0. The van der Waals surface area contributed by atoms with Crippen LogP contribution in [0.3, 0.4) is 0 Å². The van der Waals surface area contributed by atoms with Gasteiger partial charge in [-0.3, -0.25) is 0 Å². The van der Waals surface area contributed by atoms with E-state index < -0.39 is 29.9 Å². The van der Waals surface area contributed by atoms with Gasteiger partial charge in [0.1, 0.15) is 18.5 Å². The predicted octanol–water partition coefficient (Wildman–Crippen LogP) is -2.85. The van der Waals surface area contributed by atoms with Gasteiger partial charge in [0.05, 0.1) is 12.6 Å². The fraction of sp³-hybridized carbons (Fsp3) is 0.833. The molecule has 0 amide bonds. The van der Waals surface area contributed by atoms with Gasteiger partial charge in [-0.1, -0.05) is 11.6 Å². The Kier molecular flexibility index (Phi) is 4.76. The first-order chi connectivity index (χ1) is 5.86. The molecule has 6 nitrogen and oxygen atoms in total. The zero-order valence-electron chi connectivity index (χ0n) is 6.67. The van der Waals surface area contributed by atoms with E-state index in [9.17, 15) is 4.79 Å². The third-order valence-electron chi connectivity index (χ3n) is 1.55. The van der Waals surface area contributed by atoms with Crippen molar-refractivity contribution in [1.82, 2.24) is 0 Å². The number of alkyl halides is 1. The Balaban J connectivity index is 4.40. The Hall–Kier alpha value is -0.240. The highest BCUT2D eigenvalue weighted by Crippen LogP contribution is 2.19. The molecule has 0 aliphatic rings. The van der Waals surface area contributed by atoms with Crippen molar-refractivity contribution in [3.63, 3.8) is 0 Å². The van der Waals surface area contributed by atoms with Crippen LogP contribution in [0.2, 0.25) is 0 Å². The van der Waals surface area contributed by atoms with E-state index in [1.54, 1.807) is 0 Å². The van der Waals surface area contributed by atoms with Crippen molar-refractivity contribution in [2.45, 2.75) is 23.3 Å². The van der Waals surface area contributed by atoms with Gasteiger partial charge in [0.2, 0.25) is 0 Å². The summed E-state index contributed by atoms with van der Waals surface area (Å²) in [4.78, 5) is 10.1. The molecular formula is C6H12ClNO5. The molecule has 0 fully saturated rings. The molecule has 0 aromatic rings. The summed E-state index contributed by atoms with van der Waals surface area (Å²) >= 11 is 5.19. The van der Waals surface area contributed by atoms with Crippen LogP contribution in [-0.4, -0.2) is 56.6 Å². The van der Waals surface area contributed by atoms with Crippen LogP contribution in [-0.2, 0) is 4.79 Å². The molecule has 0 rings (SSSR count). The Morgan fingerprint density at radius 3 is 2.31 bits per heavy atom. The smallest absolute Gasteiger partial charge is 0.190 e. The van der Waals surface area contributed by atoms with E-state index in [1.165, 1.54) is 0 Å². The summed E-state index contributed by atoms with van der Waals surface area (Å²) in [6.45, 7) is -0.974. The van der Waals surface area contributed by atoms with Crippen LogP contribution < -0.4 is 5.73 Å². The highest BCUT2D eigenvalue weighted by Gasteiger charge is 2.40. The second kappa shape index (κ2) is 4.85. The highest BCUT2D eigenvalue weighted by atomic mass is 35.5. The van der Waals surface area contributed by atoms with E-state index in [1.807, 2.05) is 0 Å². The predicted molar refractivity (Wildman–Crippen MR) is 43.9 cm³/mol. The molecule has 0 aromatic carbocycles. The number of hydrogen-bond donors (Lipinski definition) is 5. The van der Waals surface area contributed by atoms with Crippen LogP contribution in [0.1, 0.15) is 0 Å². The van der Waals surface area contributed by atoms with E-state index >= 15 is 0 Å². The molecule has 0 aliphatic carbocycles. The zero-order chi connectivity index (χ0) is 10.6. The van der Waals surface area contributed by atoms with Crippen molar-refractivity contribution in [3.05, 3.63) is 0 Å². The molecule has 0 aromatic heterocycles. The maximum atomic E-state index is 10.1. The summed E-state index contributed by atoms with van der Waals surface area (Å²) in [5.74, 6) is 0. The van der Waals surface area contributed by atoms with Gasteiger partial charge in [0.25, 0.3) is 0 Å². The van der Waals surface area contributed by atoms with Gasteiger partial charge in [0, 0.05) is 0 Å². The number of aliphatic hydroxyl groups is 4. The van der Waals surface area contributed by atoms with Crippen LogP contribution in [0, 0.1) is 0 Å². The molecule has 0 radical (unpaired) electrons. The first-order valence-corrected chi connectivity index (χ1v) is 3.83. The molecule has 0 saturated carbocycles. The number of carbonyl (C=O) groups excluding carboxylic acids is 1. The Bertz CT molecular complexity index is 176. The number of halogens is 1. The molecule has 78 valence electrons. The summed E-state index contributed by atoms with van der Waals surface area (Å²) in [5, 5.41) is 33.3. The fourth-order valence-corrected chi connectivity index (χ4v) is 0.775. The van der Waals surface area contributed by atoms with E-state index in [4.69, 9.17) is 37.8 Å². The lowest BCUT2D eigenvalue weighted by atomic mass is 10.0. The van der Waals surface area contributed by atoms with Gasteiger partial charge < -0.3 is 31.0 Å². The number of carbonyl (C=O) groups is 1. The second-order valence-corrected chi connectivity index (χ2v) is 3.28. The van der Waals surface area contributed by atoms with E-state index in [0.29, 0.717) is 0 Å². The molecule has 0 saturated heterocycles. The first-order valence-electron chi connectivity index (χ1n) is 3.46. The lowest BCUT2D eigenvalue weighted by molar-refractivity contribution is -0.123. The van der Waals surface area contributed by atoms with Crippen molar-refractivity contribution < 1.29 is 25.2 Å². The number of nitrogens with two attached hydrogens (primary N) is 1. The molecule has 4 atom stereocenters. The van der Waals surface area contributed by atoms with Gasteiger partial charge in [-0.05, 0) is 0 Å². The molecule has 13 heavy (non-hydrogen) atoms. The maximum absolute atomic E-state index is 10.1. The molecule has 0 unspecified atom stereocenters. The lowest BCUT2D eigenvalue weighted by Gasteiger charge is -2.29. The normalized spacial score (nSPS) is 22.9. The van der Waals surface area contributed by atoms with Gasteiger partial charge in [-0.25, -0.2) is 0 Å². The Morgan fingerprint density at radius 2 is 2.00 bits per heavy atom. The molecule has 0 aliphatic heterocycles. The third-order valence-corrected chi connectivity index (χ3v) is 1.89. The topological polar surface area (TPSA) is 124 Å². The summed E-state index contributed by atoms with van der Waals surface area (Å²) in [6.07, 6.45) is -3.44. The van der Waals surface area contributed by atoms with E-state index in [2.05, 4.69) is 0 Å². The number of aliphatic hydroxyl groups excluding tert-OH is 3. The van der Waals surface area contributed by atoms with Crippen molar-refractivity contribution in [3.8, 4) is 0 Å². The van der Waals surface area contributed by atoms with Crippen LogP contribution >= 0.6 is 11.6 Å². The standard InChI is InChI=1S/C6H12ClNO5/c7-6(13,2-10)5(12)4(11)3(8)1-9/h1,3-5,10-13H,2,8H2/t3-,4+,5-,6+/m0/s1. The van der Waals surface area contributed by atoms with Crippen LogP contribution in [0.4, 0.5) is 0 Å². The second-order valence-electron chi connectivity index (χ2n) is 2.63. The summed E-state index contributed by atoms with van der Waals surface area (Å²) < 4.78 is 0. The maximum Gasteiger partial charge on any atom is 0.190 e. The summed E-state index contributed by atoms with van der Waals surface area (Å²) in [6, 6.07) is -1.37. The van der Waals surface area contributed by atoms with Crippen LogP contribution in [0.25, 0.3) is 0 Å². The van der Waals surface area contributed by atoms with Crippen molar-refractivity contribution in [1.29, 1.82) is 0 Å². The third kappa shape index (κ3) is 3.18. The highest BCUT2D eigenvalue weighted by molar-refractivity contribution is 6.23. The molecular weight excluding hydrogens is 202 g/mol. The molecule has 6 N–H and O–H groups in total. The Morgan fingerprint density at radius 1 is 1.54 bits per heavy atom. The minimum atomic E-state index is -2.40. The van der Waals surface area contributed by atoms with Crippen molar-refractivity contribution >= 4 is 17.9 Å². The quantitative estimate of drug-likeness (QED) is 0.247. The zero-order valence-corrected chi connectivity index (χ0v) is 7.42. The van der Waals surface area contributed by atoms with E-state index in [-0.39, 0.29) is 6.29 Å². The van der Waals surface area contributed by atoms with Gasteiger partial charge in [-0.2, -0.15) is 0 Å². The minimum absolute atomic E-state index is 0.193. The number of hydrogen-bond acceptors (Lipinski definition) is 6. The molecule has 0 bridgehead atoms. The molecule has 7 heteroatoms. The lowest BCUT2D eigenvalue weighted by Crippen LogP contribution is -2.54. The monoisotopic (exact) mass is 213 g/mol. The average Bonchev–Trinajstić information content (AvgIpc) is 2.14. The number of aldehydes is 1. The van der Waals surface area contributed by atoms with Gasteiger partial charge >= 0.3 is 0 Å². The van der Waals surface area contributed by atoms with E-state index in [0.717, 1.165) is 0 Å². The van der Waals surface area contributed by atoms with Crippen LogP contribution in [0.5, 0.6) is 0 Å². The molecule has 0 heterocycles.